The molecule has 1 aromatic carbocycles. The second kappa shape index (κ2) is 5.82. The normalized spacial score (nSPS) is 10.5. The number of hydrogen-bond acceptors (Lipinski definition) is 3. The molecule has 2 rings (SSSR count). The fraction of sp³-hybridized carbons (Fsp3) is 0.154. The zero-order valence-corrected chi connectivity index (χ0v) is 12.3. The van der Waals surface area contributed by atoms with Crippen LogP contribution in [0.4, 0.5) is 0 Å². The van der Waals surface area contributed by atoms with Crippen LogP contribution in [0.3, 0.4) is 0 Å². The first-order valence-corrected chi connectivity index (χ1v) is 6.95. The monoisotopic (exact) mass is 316 g/mol. The first-order chi connectivity index (χ1) is 8.99. The van der Waals surface area contributed by atoms with Crippen LogP contribution in [-0.2, 0) is 6.61 Å². The SMILES string of the molecule is Cc1sc(C(=O)O)cc1COc1cccc(Cl)c1Cl. The van der Waals surface area contributed by atoms with Gasteiger partial charge in [-0.05, 0) is 25.1 Å². The highest BCUT2D eigenvalue weighted by molar-refractivity contribution is 7.14. The summed E-state index contributed by atoms with van der Waals surface area (Å²) >= 11 is 13.1. The van der Waals surface area contributed by atoms with Gasteiger partial charge in [0.2, 0.25) is 0 Å². The molecule has 0 spiro atoms. The smallest absolute Gasteiger partial charge is 0.345 e. The summed E-state index contributed by atoms with van der Waals surface area (Å²) in [7, 11) is 0. The molecule has 0 atom stereocenters. The molecular weight excluding hydrogens is 307 g/mol. The number of carbonyl (C=O) groups is 1. The van der Waals surface area contributed by atoms with Gasteiger partial charge in [0.1, 0.15) is 22.3 Å². The Bertz CT molecular complexity index is 622. The van der Waals surface area contributed by atoms with Crippen molar-refractivity contribution in [1.29, 1.82) is 0 Å². The van der Waals surface area contributed by atoms with E-state index in [0.717, 1.165) is 10.4 Å². The number of halogens is 2. The molecule has 6 heteroatoms. The van der Waals surface area contributed by atoms with Crippen LogP contribution >= 0.6 is 34.5 Å². The van der Waals surface area contributed by atoms with Gasteiger partial charge in [0.15, 0.2) is 0 Å². The molecule has 1 aromatic heterocycles. The number of carboxylic acid groups (broad SMARTS) is 1. The van der Waals surface area contributed by atoms with Crippen molar-refractivity contribution in [2.45, 2.75) is 13.5 Å². The third-order valence-corrected chi connectivity index (χ3v) is 4.41. The molecule has 0 unspecified atom stereocenters. The van der Waals surface area contributed by atoms with Gasteiger partial charge in [-0.15, -0.1) is 11.3 Å². The van der Waals surface area contributed by atoms with Gasteiger partial charge in [-0.1, -0.05) is 29.3 Å². The van der Waals surface area contributed by atoms with E-state index < -0.39 is 5.97 Å². The summed E-state index contributed by atoms with van der Waals surface area (Å²) in [5.74, 6) is -0.447. The Labute approximate surface area is 124 Å². The van der Waals surface area contributed by atoms with Crippen LogP contribution in [0.1, 0.15) is 20.1 Å². The fourth-order valence-electron chi connectivity index (χ4n) is 1.52. The number of aromatic carboxylic acids is 1. The van der Waals surface area contributed by atoms with E-state index in [4.69, 9.17) is 33.0 Å². The Morgan fingerprint density at radius 1 is 1.42 bits per heavy atom. The molecule has 0 aliphatic rings. The Balaban J connectivity index is 2.14. The van der Waals surface area contributed by atoms with E-state index >= 15 is 0 Å². The second-order valence-electron chi connectivity index (χ2n) is 3.84. The minimum atomic E-state index is -0.930. The molecule has 0 aliphatic heterocycles. The van der Waals surface area contributed by atoms with Crippen LogP contribution < -0.4 is 4.74 Å². The Hall–Kier alpha value is -1.23. The fourth-order valence-corrected chi connectivity index (χ4v) is 2.73. The number of ether oxygens (including phenoxy) is 1. The number of benzene rings is 1. The van der Waals surface area contributed by atoms with Gasteiger partial charge >= 0.3 is 5.97 Å². The lowest BCUT2D eigenvalue weighted by Crippen LogP contribution is -1.96. The third-order valence-electron chi connectivity index (χ3n) is 2.53. The summed E-state index contributed by atoms with van der Waals surface area (Å²) < 4.78 is 5.57. The van der Waals surface area contributed by atoms with Crippen LogP contribution in [0, 0.1) is 6.92 Å². The molecule has 2 aromatic rings. The van der Waals surface area contributed by atoms with Crippen LogP contribution in [0.25, 0.3) is 0 Å². The van der Waals surface area contributed by atoms with Gasteiger partial charge in [0, 0.05) is 10.4 Å². The van der Waals surface area contributed by atoms with Crippen molar-refractivity contribution in [3.8, 4) is 5.75 Å². The van der Waals surface area contributed by atoms with Gasteiger partial charge in [0.05, 0.1) is 5.02 Å². The minimum absolute atomic E-state index is 0.260. The van der Waals surface area contributed by atoms with E-state index in [1.54, 1.807) is 24.3 Å². The van der Waals surface area contributed by atoms with Crippen molar-refractivity contribution in [3.63, 3.8) is 0 Å². The summed E-state index contributed by atoms with van der Waals surface area (Å²) in [6.45, 7) is 2.12. The average Bonchev–Trinajstić information content (AvgIpc) is 2.73. The number of rotatable bonds is 4. The number of aryl methyl sites for hydroxylation is 1. The van der Waals surface area contributed by atoms with Gasteiger partial charge in [-0.2, -0.15) is 0 Å². The molecular formula is C13H10Cl2O3S. The zero-order chi connectivity index (χ0) is 14.0. The first-order valence-electron chi connectivity index (χ1n) is 5.38. The predicted octanol–water partition coefficient (Wildman–Crippen LogP) is 4.64. The van der Waals surface area contributed by atoms with Crippen LogP contribution in [0.2, 0.25) is 10.0 Å². The molecule has 1 N–H and O–H groups in total. The highest BCUT2D eigenvalue weighted by Crippen LogP contribution is 2.32. The van der Waals surface area contributed by atoms with Crippen molar-refractivity contribution in [1.82, 2.24) is 0 Å². The van der Waals surface area contributed by atoms with Crippen molar-refractivity contribution in [2.24, 2.45) is 0 Å². The largest absolute Gasteiger partial charge is 0.487 e. The molecule has 19 heavy (non-hydrogen) atoms. The summed E-state index contributed by atoms with van der Waals surface area (Å²) in [6, 6.07) is 6.75. The quantitative estimate of drug-likeness (QED) is 0.893. The lowest BCUT2D eigenvalue weighted by atomic mass is 10.2. The zero-order valence-electron chi connectivity index (χ0n) is 9.94. The van der Waals surface area contributed by atoms with Crippen molar-refractivity contribution in [2.75, 3.05) is 0 Å². The van der Waals surface area contributed by atoms with Crippen LogP contribution in [0.15, 0.2) is 24.3 Å². The molecule has 0 bridgehead atoms. The molecule has 0 aliphatic carbocycles. The van der Waals surface area contributed by atoms with Crippen LogP contribution in [-0.4, -0.2) is 11.1 Å². The highest BCUT2D eigenvalue weighted by Gasteiger charge is 2.12. The maximum Gasteiger partial charge on any atom is 0.345 e. The summed E-state index contributed by atoms with van der Waals surface area (Å²) in [4.78, 5) is 12.1. The molecule has 1 heterocycles. The van der Waals surface area contributed by atoms with Gasteiger partial charge in [-0.3, -0.25) is 0 Å². The molecule has 0 saturated heterocycles. The maximum atomic E-state index is 10.9. The summed E-state index contributed by atoms with van der Waals surface area (Å²) in [6.07, 6.45) is 0. The lowest BCUT2D eigenvalue weighted by molar-refractivity contribution is 0.0702. The average molecular weight is 317 g/mol. The Morgan fingerprint density at radius 2 is 2.16 bits per heavy atom. The van der Waals surface area contributed by atoms with Crippen molar-refractivity contribution < 1.29 is 14.6 Å². The lowest BCUT2D eigenvalue weighted by Gasteiger charge is -2.08. The van der Waals surface area contributed by atoms with E-state index in [0.29, 0.717) is 20.7 Å². The van der Waals surface area contributed by atoms with Crippen LogP contribution in [0.5, 0.6) is 5.75 Å². The van der Waals surface area contributed by atoms with Crippen molar-refractivity contribution >= 4 is 40.5 Å². The summed E-state index contributed by atoms with van der Waals surface area (Å²) in [5, 5.41) is 9.70. The Morgan fingerprint density at radius 3 is 2.79 bits per heavy atom. The highest BCUT2D eigenvalue weighted by atomic mass is 35.5. The number of hydrogen-bond donors (Lipinski definition) is 1. The van der Waals surface area contributed by atoms with E-state index in [-0.39, 0.29) is 6.61 Å². The molecule has 0 fully saturated rings. The molecule has 3 nitrogen and oxygen atoms in total. The minimum Gasteiger partial charge on any atom is -0.487 e. The molecule has 0 saturated carbocycles. The van der Waals surface area contributed by atoms with Gasteiger partial charge in [0.25, 0.3) is 0 Å². The second-order valence-corrected chi connectivity index (χ2v) is 5.88. The molecule has 0 amide bonds. The van der Waals surface area contributed by atoms with Gasteiger partial charge < -0.3 is 9.84 Å². The molecule has 100 valence electrons. The predicted molar refractivity (Wildman–Crippen MR) is 76.8 cm³/mol. The van der Waals surface area contributed by atoms with E-state index in [2.05, 4.69) is 0 Å². The maximum absolute atomic E-state index is 10.9. The van der Waals surface area contributed by atoms with Gasteiger partial charge in [-0.25, -0.2) is 4.79 Å². The van der Waals surface area contributed by atoms with E-state index in [1.165, 1.54) is 11.3 Å². The van der Waals surface area contributed by atoms with E-state index in [1.807, 2.05) is 6.92 Å². The molecule has 0 radical (unpaired) electrons. The topological polar surface area (TPSA) is 46.5 Å². The van der Waals surface area contributed by atoms with E-state index in [9.17, 15) is 4.79 Å². The Kier molecular flexibility index (Phi) is 4.34. The summed E-state index contributed by atoms with van der Waals surface area (Å²) in [5.41, 5.74) is 0.832. The number of thiophene rings is 1. The standard InChI is InChI=1S/C13H10Cl2O3S/c1-7-8(5-11(19-7)13(16)17)6-18-10-4-2-3-9(14)12(10)15/h2-5H,6H2,1H3,(H,16,17). The van der Waals surface area contributed by atoms with Crippen molar-refractivity contribution in [3.05, 3.63) is 49.6 Å². The first kappa shape index (κ1) is 14.2. The third kappa shape index (κ3) is 3.21. The number of carboxylic acids is 1.